The highest BCUT2D eigenvalue weighted by Gasteiger charge is 2.45. The molecule has 2 fully saturated rings. The number of carboxylic acid groups (broad SMARTS) is 1. The van der Waals surface area contributed by atoms with Crippen molar-refractivity contribution in [1.82, 2.24) is 4.90 Å². The van der Waals surface area contributed by atoms with Crippen LogP contribution >= 0.6 is 0 Å². The van der Waals surface area contributed by atoms with Gasteiger partial charge in [0.25, 0.3) is 0 Å². The third-order valence-electron chi connectivity index (χ3n) is 4.98. The van der Waals surface area contributed by atoms with Gasteiger partial charge in [-0.2, -0.15) is 0 Å². The second-order valence-electron chi connectivity index (χ2n) is 6.01. The second-order valence-corrected chi connectivity index (χ2v) is 6.01. The van der Waals surface area contributed by atoms with E-state index in [2.05, 4.69) is 11.8 Å². The molecule has 2 unspecified atom stereocenters. The predicted molar refractivity (Wildman–Crippen MR) is 68.0 cm³/mol. The third kappa shape index (κ3) is 2.35. The largest absolute Gasteiger partial charge is 0.480 e. The molecule has 0 aromatic rings. The number of likely N-dealkylation sites (tertiary alicyclic amines) is 1. The van der Waals surface area contributed by atoms with Gasteiger partial charge >= 0.3 is 5.97 Å². The van der Waals surface area contributed by atoms with E-state index in [9.17, 15) is 9.90 Å². The van der Waals surface area contributed by atoms with Crippen LogP contribution < -0.4 is 0 Å². The summed E-state index contributed by atoms with van der Waals surface area (Å²) in [7, 11) is 0. The number of carboxylic acids is 1. The van der Waals surface area contributed by atoms with E-state index < -0.39 is 11.5 Å². The van der Waals surface area contributed by atoms with E-state index in [-0.39, 0.29) is 0 Å². The number of piperidine rings is 1. The standard InChI is InChI=1S/C14H25NO2/c1-11(12-7-3-4-8-12)15-10-6-5-9-14(15,2)13(16)17/h11-12H,3-10H2,1-2H3,(H,16,17). The minimum absolute atomic E-state index is 0.430. The Morgan fingerprint density at radius 3 is 2.53 bits per heavy atom. The molecule has 0 radical (unpaired) electrons. The molecule has 0 spiro atoms. The zero-order valence-corrected chi connectivity index (χ0v) is 11.1. The van der Waals surface area contributed by atoms with E-state index in [1.165, 1.54) is 25.7 Å². The maximum Gasteiger partial charge on any atom is 0.323 e. The summed E-state index contributed by atoms with van der Waals surface area (Å²) < 4.78 is 0. The molecular formula is C14H25NO2. The third-order valence-corrected chi connectivity index (χ3v) is 4.98. The molecule has 0 aromatic carbocycles. The normalized spacial score (nSPS) is 33.8. The van der Waals surface area contributed by atoms with Crippen molar-refractivity contribution >= 4 is 5.97 Å². The highest BCUT2D eigenvalue weighted by molar-refractivity contribution is 5.78. The number of hydrogen-bond acceptors (Lipinski definition) is 2. The van der Waals surface area contributed by atoms with E-state index in [4.69, 9.17) is 0 Å². The van der Waals surface area contributed by atoms with Crippen LogP contribution in [0.25, 0.3) is 0 Å². The molecule has 0 aromatic heterocycles. The van der Waals surface area contributed by atoms with Gasteiger partial charge < -0.3 is 5.11 Å². The predicted octanol–water partition coefficient (Wildman–Crippen LogP) is 2.89. The molecule has 1 saturated heterocycles. The van der Waals surface area contributed by atoms with Gasteiger partial charge in [-0.05, 0) is 58.4 Å². The zero-order chi connectivity index (χ0) is 12.5. The van der Waals surface area contributed by atoms with Crippen LogP contribution in [-0.2, 0) is 4.79 Å². The van der Waals surface area contributed by atoms with Crippen LogP contribution in [0.5, 0.6) is 0 Å². The van der Waals surface area contributed by atoms with Crippen LogP contribution in [0.2, 0.25) is 0 Å². The number of nitrogens with zero attached hydrogens (tertiary/aromatic N) is 1. The minimum Gasteiger partial charge on any atom is -0.480 e. The molecule has 1 aliphatic carbocycles. The Kier molecular flexibility index (Phi) is 3.76. The quantitative estimate of drug-likeness (QED) is 0.823. The van der Waals surface area contributed by atoms with Crippen molar-refractivity contribution < 1.29 is 9.90 Å². The van der Waals surface area contributed by atoms with Crippen molar-refractivity contribution in [2.45, 2.75) is 70.4 Å². The number of hydrogen-bond donors (Lipinski definition) is 1. The fraction of sp³-hybridized carbons (Fsp3) is 0.929. The van der Waals surface area contributed by atoms with Crippen molar-refractivity contribution in [2.75, 3.05) is 6.54 Å². The summed E-state index contributed by atoms with van der Waals surface area (Å²) in [5, 5.41) is 9.52. The summed E-state index contributed by atoms with van der Waals surface area (Å²) in [6, 6.07) is 0.430. The molecule has 1 heterocycles. The smallest absolute Gasteiger partial charge is 0.323 e. The van der Waals surface area contributed by atoms with Crippen molar-refractivity contribution in [3.8, 4) is 0 Å². The Morgan fingerprint density at radius 2 is 1.94 bits per heavy atom. The van der Waals surface area contributed by atoms with Crippen LogP contribution in [0.15, 0.2) is 0 Å². The maximum atomic E-state index is 11.6. The lowest BCUT2D eigenvalue weighted by Gasteiger charge is -2.47. The van der Waals surface area contributed by atoms with Gasteiger partial charge in [0, 0.05) is 6.04 Å². The fourth-order valence-corrected chi connectivity index (χ4v) is 3.72. The van der Waals surface area contributed by atoms with E-state index in [1.807, 2.05) is 6.92 Å². The molecule has 1 saturated carbocycles. The van der Waals surface area contributed by atoms with Crippen LogP contribution in [-0.4, -0.2) is 34.1 Å². The molecule has 0 bridgehead atoms. The highest BCUT2D eigenvalue weighted by Crippen LogP contribution is 2.37. The molecule has 17 heavy (non-hydrogen) atoms. The Hall–Kier alpha value is -0.570. The lowest BCUT2D eigenvalue weighted by Crippen LogP contribution is -2.59. The van der Waals surface area contributed by atoms with Crippen LogP contribution in [0.1, 0.15) is 58.8 Å². The SMILES string of the molecule is CC(C1CCCC1)N1CCCCC1(C)C(=O)O. The lowest BCUT2D eigenvalue weighted by molar-refractivity contribution is -0.155. The summed E-state index contributed by atoms with van der Waals surface area (Å²) >= 11 is 0. The van der Waals surface area contributed by atoms with Crippen molar-refractivity contribution in [1.29, 1.82) is 0 Å². The van der Waals surface area contributed by atoms with Crippen LogP contribution in [0, 0.1) is 5.92 Å². The summed E-state index contributed by atoms with van der Waals surface area (Å²) in [5.74, 6) is 0.0776. The zero-order valence-electron chi connectivity index (χ0n) is 11.1. The Balaban J connectivity index is 2.12. The van der Waals surface area contributed by atoms with Crippen LogP contribution in [0.4, 0.5) is 0 Å². The van der Waals surface area contributed by atoms with E-state index in [0.717, 1.165) is 25.8 Å². The van der Waals surface area contributed by atoms with Crippen molar-refractivity contribution in [2.24, 2.45) is 5.92 Å². The molecule has 3 nitrogen and oxygen atoms in total. The molecule has 2 aliphatic rings. The Morgan fingerprint density at radius 1 is 1.29 bits per heavy atom. The number of rotatable bonds is 3. The van der Waals surface area contributed by atoms with Gasteiger partial charge in [-0.3, -0.25) is 9.69 Å². The van der Waals surface area contributed by atoms with Crippen LogP contribution in [0.3, 0.4) is 0 Å². The first kappa shape index (κ1) is 12.9. The monoisotopic (exact) mass is 239 g/mol. The van der Waals surface area contributed by atoms with Gasteiger partial charge in [0.2, 0.25) is 0 Å². The molecule has 2 atom stereocenters. The molecule has 1 aliphatic heterocycles. The summed E-state index contributed by atoms with van der Waals surface area (Å²) in [5.41, 5.74) is -0.625. The molecular weight excluding hydrogens is 214 g/mol. The fourth-order valence-electron chi connectivity index (χ4n) is 3.72. The van der Waals surface area contributed by atoms with Gasteiger partial charge in [-0.1, -0.05) is 12.8 Å². The van der Waals surface area contributed by atoms with E-state index >= 15 is 0 Å². The lowest BCUT2D eigenvalue weighted by atomic mass is 9.84. The maximum absolute atomic E-state index is 11.6. The van der Waals surface area contributed by atoms with Gasteiger partial charge in [0.15, 0.2) is 0 Å². The first-order valence-corrected chi connectivity index (χ1v) is 7.06. The molecule has 98 valence electrons. The van der Waals surface area contributed by atoms with Gasteiger partial charge in [-0.15, -0.1) is 0 Å². The van der Waals surface area contributed by atoms with Gasteiger partial charge in [-0.25, -0.2) is 0 Å². The van der Waals surface area contributed by atoms with E-state index in [0.29, 0.717) is 12.0 Å². The molecule has 2 rings (SSSR count). The Labute approximate surface area is 104 Å². The molecule has 1 N–H and O–H groups in total. The number of aliphatic carboxylic acids is 1. The van der Waals surface area contributed by atoms with Gasteiger partial charge in [0.1, 0.15) is 5.54 Å². The summed E-state index contributed by atoms with van der Waals surface area (Å²) in [4.78, 5) is 13.8. The Bertz CT molecular complexity index is 286. The second kappa shape index (κ2) is 4.97. The topological polar surface area (TPSA) is 40.5 Å². The molecule has 3 heteroatoms. The first-order chi connectivity index (χ1) is 8.05. The average molecular weight is 239 g/mol. The highest BCUT2D eigenvalue weighted by atomic mass is 16.4. The minimum atomic E-state index is -0.637. The molecule has 0 amide bonds. The van der Waals surface area contributed by atoms with Crippen molar-refractivity contribution in [3.63, 3.8) is 0 Å². The van der Waals surface area contributed by atoms with E-state index in [1.54, 1.807) is 0 Å². The van der Waals surface area contributed by atoms with Gasteiger partial charge in [0.05, 0.1) is 0 Å². The summed E-state index contributed by atoms with van der Waals surface area (Å²) in [6.45, 7) is 5.11. The first-order valence-electron chi connectivity index (χ1n) is 7.06. The average Bonchev–Trinajstić information content (AvgIpc) is 2.82. The number of carbonyl (C=O) groups is 1. The van der Waals surface area contributed by atoms with Crippen molar-refractivity contribution in [3.05, 3.63) is 0 Å². The summed E-state index contributed by atoms with van der Waals surface area (Å²) in [6.07, 6.45) is 8.23.